The van der Waals surface area contributed by atoms with Gasteiger partial charge in [-0.3, -0.25) is 9.80 Å². The number of aromatic nitrogens is 2. The topological polar surface area (TPSA) is 80.3 Å². The summed E-state index contributed by atoms with van der Waals surface area (Å²) in [5.41, 5.74) is -1.01. The molecule has 1 aromatic heterocycles. The Bertz CT molecular complexity index is 1490. The molecule has 1 amide bonds. The van der Waals surface area contributed by atoms with Crippen molar-refractivity contribution in [3.63, 3.8) is 0 Å². The fourth-order valence-electron chi connectivity index (χ4n) is 7.04. The van der Waals surface area contributed by atoms with E-state index < -0.39 is 51.2 Å². The van der Waals surface area contributed by atoms with Crippen molar-refractivity contribution in [3.05, 3.63) is 28.0 Å². The standard InChI is InChI=1S/C29H33BrF5N5O4/c1-28(2,3)44-27(41)40-16-5-6-17(40)13-38(12-16)24-18-22(20(32)19(30)21(33)23(18)43-25(34)35)36-26(37-24)42-14-29-7-4-8-39(29)11-15(9-29)10-31/h10,16-17,25H,4-9,11-14H2,1-3H3/b15-10-/t16?,17?,29-/m0/s1. The van der Waals surface area contributed by atoms with Crippen LogP contribution in [0.25, 0.3) is 10.9 Å². The molecule has 1 aromatic carbocycles. The summed E-state index contributed by atoms with van der Waals surface area (Å²) >= 11 is 2.81. The Hall–Kier alpha value is -2.94. The zero-order valence-electron chi connectivity index (χ0n) is 24.5. The number of carbonyl (C=O) groups excluding carboxylic acids is 1. The van der Waals surface area contributed by atoms with Gasteiger partial charge in [-0.1, -0.05) is 0 Å². The van der Waals surface area contributed by atoms with Crippen molar-refractivity contribution in [2.75, 3.05) is 37.7 Å². The fourth-order valence-corrected chi connectivity index (χ4v) is 7.41. The van der Waals surface area contributed by atoms with Crippen LogP contribution in [-0.2, 0) is 4.74 Å². The van der Waals surface area contributed by atoms with Gasteiger partial charge >= 0.3 is 18.7 Å². The first-order valence-electron chi connectivity index (χ1n) is 14.6. The molecule has 4 saturated heterocycles. The number of anilines is 1. The molecule has 9 nitrogen and oxygen atoms in total. The summed E-state index contributed by atoms with van der Waals surface area (Å²) in [6.07, 6.45) is 3.53. The second-order valence-corrected chi connectivity index (χ2v) is 13.7. The van der Waals surface area contributed by atoms with Gasteiger partial charge < -0.3 is 19.1 Å². The fraction of sp³-hybridized carbons (Fsp3) is 0.621. The number of benzene rings is 1. The van der Waals surface area contributed by atoms with Crippen molar-refractivity contribution in [2.45, 2.75) is 82.7 Å². The number of ether oxygens (including phenoxy) is 3. The summed E-state index contributed by atoms with van der Waals surface area (Å²) in [6, 6.07) is -0.885. The van der Waals surface area contributed by atoms with E-state index in [0.29, 0.717) is 37.7 Å². The second kappa shape index (κ2) is 11.5. The largest absolute Gasteiger partial charge is 0.461 e. The van der Waals surface area contributed by atoms with Crippen LogP contribution in [0.5, 0.6) is 11.8 Å². The molecule has 2 aromatic rings. The zero-order valence-corrected chi connectivity index (χ0v) is 26.1. The van der Waals surface area contributed by atoms with Crippen LogP contribution < -0.4 is 14.4 Å². The number of hydrogen-bond acceptors (Lipinski definition) is 8. The van der Waals surface area contributed by atoms with Crippen LogP contribution in [0, 0.1) is 11.6 Å². The zero-order chi connectivity index (χ0) is 31.6. The van der Waals surface area contributed by atoms with E-state index in [1.165, 1.54) is 0 Å². The van der Waals surface area contributed by atoms with Crippen LogP contribution in [0.4, 0.5) is 32.6 Å². The van der Waals surface area contributed by atoms with Gasteiger partial charge in [0, 0.05) is 19.6 Å². The molecule has 0 radical (unpaired) electrons. The van der Waals surface area contributed by atoms with Crippen LogP contribution in [0.1, 0.15) is 52.9 Å². The number of amides is 1. The number of alkyl halides is 2. The number of fused-ring (bicyclic) bond motifs is 4. The van der Waals surface area contributed by atoms with Gasteiger partial charge in [-0.2, -0.15) is 18.7 Å². The average Bonchev–Trinajstić information content (AvgIpc) is 3.59. The van der Waals surface area contributed by atoms with E-state index in [4.69, 9.17) is 9.47 Å². The van der Waals surface area contributed by atoms with Gasteiger partial charge in [-0.25, -0.2) is 18.0 Å². The molecule has 5 heterocycles. The Labute approximate surface area is 259 Å². The van der Waals surface area contributed by atoms with Crippen LogP contribution in [-0.4, -0.2) is 88.5 Å². The van der Waals surface area contributed by atoms with Crippen LogP contribution in [0.3, 0.4) is 0 Å². The van der Waals surface area contributed by atoms with Crippen molar-refractivity contribution < 1.29 is 41.0 Å². The van der Waals surface area contributed by atoms with Gasteiger partial charge in [0.25, 0.3) is 0 Å². The Morgan fingerprint density at radius 3 is 2.50 bits per heavy atom. The SMILES string of the molecule is CC(C)(C)OC(=O)N1C2CCC1CN(c1nc(OC[C@@]34CCCN3C/C(=C\F)C4)nc3c(F)c(Br)c(F)c(OC(F)F)c13)C2. The maximum atomic E-state index is 15.6. The highest BCUT2D eigenvalue weighted by Crippen LogP contribution is 2.45. The predicted molar refractivity (Wildman–Crippen MR) is 154 cm³/mol. The lowest BCUT2D eigenvalue weighted by molar-refractivity contribution is -0.0512. The maximum absolute atomic E-state index is 15.6. The summed E-state index contributed by atoms with van der Waals surface area (Å²) in [7, 11) is 0. The number of rotatable bonds is 6. The second-order valence-electron chi connectivity index (χ2n) is 12.9. The van der Waals surface area contributed by atoms with Crippen molar-refractivity contribution in [2.24, 2.45) is 0 Å². The number of hydrogen-bond donors (Lipinski definition) is 0. The Balaban J connectivity index is 1.40. The van der Waals surface area contributed by atoms with Crippen LogP contribution in [0.15, 0.2) is 16.4 Å². The monoisotopic (exact) mass is 689 g/mol. The van der Waals surface area contributed by atoms with E-state index in [9.17, 15) is 18.0 Å². The van der Waals surface area contributed by atoms with Gasteiger partial charge in [-0.05, 0) is 80.9 Å². The summed E-state index contributed by atoms with van der Waals surface area (Å²) in [6.45, 7) is 3.61. The van der Waals surface area contributed by atoms with E-state index in [1.54, 1.807) is 30.6 Å². The molecule has 15 heteroatoms. The first-order valence-corrected chi connectivity index (χ1v) is 15.3. The summed E-state index contributed by atoms with van der Waals surface area (Å²) in [5, 5.41) is -0.370. The molecule has 3 atom stereocenters. The van der Waals surface area contributed by atoms with Crippen molar-refractivity contribution >= 4 is 38.7 Å². The van der Waals surface area contributed by atoms with Gasteiger partial charge in [0.05, 0.1) is 33.8 Å². The van der Waals surface area contributed by atoms with Crippen LogP contribution in [0.2, 0.25) is 0 Å². The van der Waals surface area contributed by atoms with Crippen molar-refractivity contribution in [1.29, 1.82) is 0 Å². The molecule has 2 bridgehead atoms. The summed E-state index contributed by atoms with van der Waals surface area (Å²) in [5.74, 6) is -3.45. The quantitative estimate of drug-likeness (QED) is 0.257. The Morgan fingerprint density at radius 1 is 1.16 bits per heavy atom. The lowest BCUT2D eigenvalue weighted by Crippen LogP contribution is -2.57. The van der Waals surface area contributed by atoms with Crippen LogP contribution >= 0.6 is 15.9 Å². The first-order chi connectivity index (χ1) is 20.8. The van der Waals surface area contributed by atoms with E-state index in [2.05, 4.69) is 35.5 Å². The molecule has 4 aliphatic rings. The molecule has 4 fully saturated rings. The van der Waals surface area contributed by atoms with E-state index in [0.717, 1.165) is 19.4 Å². The number of nitrogens with zero attached hydrogens (tertiary/aromatic N) is 5. The maximum Gasteiger partial charge on any atom is 0.410 e. The Morgan fingerprint density at radius 2 is 1.86 bits per heavy atom. The van der Waals surface area contributed by atoms with Gasteiger partial charge in [0.2, 0.25) is 0 Å². The lowest BCUT2D eigenvalue weighted by atomic mass is 9.94. The van der Waals surface area contributed by atoms with Gasteiger partial charge in [-0.15, -0.1) is 0 Å². The molecule has 6 rings (SSSR count). The highest BCUT2D eigenvalue weighted by molar-refractivity contribution is 9.10. The molecule has 2 unspecified atom stereocenters. The lowest BCUT2D eigenvalue weighted by Gasteiger charge is -2.42. The van der Waals surface area contributed by atoms with E-state index >= 15 is 8.78 Å². The molecule has 44 heavy (non-hydrogen) atoms. The molecule has 0 saturated carbocycles. The van der Waals surface area contributed by atoms with Crippen molar-refractivity contribution in [3.8, 4) is 11.8 Å². The normalized spacial score (nSPS) is 26.3. The van der Waals surface area contributed by atoms with Gasteiger partial charge in [0.15, 0.2) is 17.4 Å². The summed E-state index contributed by atoms with van der Waals surface area (Å²) < 4.78 is 86.9. The minimum atomic E-state index is -3.42. The van der Waals surface area contributed by atoms with E-state index in [1.807, 2.05) is 0 Å². The molecular formula is C29H33BrF5N5O4. The molecule has 0 N–H and O–H groups in total. The Kier molecular flexibility index (Phi) is 8.08. The van der Waals surface area contributed by atoms with Crippen molar-refractivity contribution in [1.82, 2.24) is 19.8 Å². The summed E-state index contributed by atoms with van der Waals surface area (Å²) in [4.78, 5) is 27.3. The predicted octanol–water partition coefficient (Wildman–Crippen LogP) is 6.33. The first kappa shape index (κ1) is 31.1. The molecule has 4 aliphatic heterocycles. The molecular weight excluding hydrogens is 657 g/mol. The molecule has 0 spiro atoms. The smallest absolute Gasteiger partial charge is 0.410 e. The third-order valence-corrected chi connectivity index (χ3v) is 9.49. The van der Waals surface area contributed by atoms with E-state index in [-0.39, 0.29) is 49.0 Å². The number of halogens is 6. The molecule has 0 aliphatic carbocycles. The minimum Gasteiger partial charge on any atom is -0.461 e. The van der Waals surface area contributed by atoms with Gasteiger partial charge in [0.1, 0.15) is 23.5 Å². The third kappa shape index (κ3) is 5.54. The molecule has 240 valence electrons. The third-order valence-electron chi connectivity index (χ3n) is 8.80. The minimum absolute atomic E-state index is 0.0526. The number of carbonyl (C=O) groups is 1. The average molecular weight is 691 g/mol. The number of piperazine rings is 1. The highest BCUT2D eigenvalue weighted by atomic mass is 79.9. The highest BCUT2D eigenvalue weighted by Gasteiger charge is 2.48.